The summed E-state index contributed by atoms with van der Waals surface area (Å²) < 4.78 is 0. The number of anilines is 1. The first-order valence-corrected chi connectivity index (χ1v) is 12.0. The Labute approximate surface area is 205 Å². The standard InChI is InChI=1S/C25H30Cl2N4O2/c1-2-7-23(29-25(33)28-20-11-12-21(26)22(27)18-20)24(32)31-16-14-30(15-17-31)13-6-10-19-8-4-3-5-9-19/h3-6,8-12,18,23H,2,7,13-17H2,1H3,(H2,28,29,33)/b10-6+. The normalized spacial score (nSPS) is 15.4. The zero-order valence-corrected chi connectivity index (χ0v) is 20.3. The highest BCUT2D eigenvalue weighted by Gasteiger charge is 2.28. The first-order valence-electron chi connectivity index (χ1n) is 11.2. The molecule has 0 aliphatic carbocycles. The molecule has 1 aliphatic rings. The fourth-order valence-corrected chi connectivity index (χ4v) is 4.02. The van der Waals surface area contributed by atoms with Crippen LogP contribution in [-0.4, -0.2) is 60.5 Å². The lowest BCUT2D eigenvalue weighted by Crippen LogP contribution is -2.55. The zero-order chi connectivity index (χ0) is 23.6. The van der Waals surface area contributed by atoms with Gasteiger partial charge in [-0.3, -0.25) is 9.69 Å². The van der Waals surface area contributed by atoms with E-state index in [1.165, 1.54) is 5.56 Å². The van der Waals surface area contributed by atoms with E-state index in [9.17, 15) is 9.59 Å². The Morgan fingerprint density at radius 1 is 1.03 bits per heavy atom. The second kappa shape index (κ2) is 12.6. The van der Waals surface area contributed by atoms with Crippen molar-refractivity contribution in [3.63, 3.8) is 0 Å². The average molecular weight is 489 g/mol. The van der Waals surface area contributed by atoms with Gasteiger partial charge in [0.2, 0.25) is 5.91 Å². The van der Waals surface area contributed by atoms with Gasteiger partial charge in [0.05, 0.1) is 10.0 Å². The number of nitrogens with one attached hydrogen (secondary N) is 2. The van der Waals surface area contributed by atoms with Crippen LogP contribution in [0, 0.1) is 0 Å². The molecule has 2 aromatic rings. The lowest BCUT2D eigenvalue weighted by molar-refractivity contribution is -0.135. The molecule has 176 valence electrons. The lowest BCUT2D eigenvalue weighted by atomic mass is 10.1. The van der Waals surface area contributed by atoms with Crippen LogP contribution in [0.2, 0.25) is 10.0 Å². The molecule has 0 spiro atoms. The second-order valence-corrected chi connectivity index (χ2v) is 8.82. The summed E-state index contributed by atoms with van der Waals surface area (Å²) >= 11 is 11.9. The van der Waals surface area contributed by atoms with E-state index in [0.29, 0.717) is 35.2 Å². The molecular weight excluding hydrogens is 459 g/mol. The Morgan fingerprint density at radius 2 is 1.76 bits per heavy atom. The first kappa shape index (κ1) is 25.1. The molecule has 1 heterocycles. The highest BCUT2D eigenvalue weighted by Crippen LogP contribution is 2.25. The first-order chi connectivity index (χ1) is 16.0. The number of urea groups is 1. The molecule has 2 aromatic carbocycles. The minimum Gasteiger partial charge on any atom is -0.338 e. The van der Waals surface area contributed by atoms with E-state index in [1.807, 2.05) is 30.0 Å². The largest absolute Gasteiger partial charge is 0.338 e. The number of amides is 3. The van der Waals surface area contributed by atoms with E-state index < -0.39 is 12.1 Å². The van der Waals surface area contributed by atoms with Crippen molar-refractivity contribution in [3.05, 3.63) is 70.2 Å². The van der Waals surface area contributed by atoms with Gasteiger partial charge in [-0.2, -0.15) is 0 Å². The molecule has 0 aromatic heterocycles. The smallest absolute Gasteiger partial charge is 0.319 e. The van der Waals surface area contributed by atoms with Crippen LogP contribution in [0.4, 0.5) is 10.5 Å². The van der Waals surface area contributed by atoms with Crippen LogP contribution >= 0.6 is 23.2 Å². The van der Waals surface area contributed by atoms with E-state index in [-0.39, 0.29) is 5.91 Å². The summed E-state index contributed by atoms with van der Waals surface area (Å²) in [4.78, 5) is 29.7. The maximum absolute atomic E-state index is 13.1. The van der Waals surface area contributed by atoms with Crippen LogP contribution in [0.1, 0.15) is 25.3 Å². The quantitative estimate of drug-likeness (QED) is 0.540. The molecule has 1 aliphatic heterocycles. The Kier molecular flexibility index (Phi) is 9.61. The number of hydrogen-bond acceptors (Lipinski definition) is 3. The number of benzene rings is 2. The summed E-state index contributed by atoms with van der Waals surface area (Å²) in [7, 11) is 0. The van der Waals surface area contributed by atoms with Gasteiger partial charge in [-0.1, -0.05) is 79.0 Å². The Balaban J connectivity index is 1.48. The molecule has 1 unspecified atom stereocenters. The molecule has 0 radical (unpaired) electrons. The monoisotopic (exact) mass is 488 g/mol. The van der Waals surface area contributed by atoms with E-state index in [0.717, 1.165) is 26.1 Å². The zero-order valence-electron chi connectivity index (χ0n) is 18.8. The summed E-state index contributed by atoms with van der Waals surface area (Å²) in [5.41, 5.74) is 1.70. The summed E-state index contributed by atoms with van der Waals surface area (Å²) in [6.07, 6.45) is 5.63. The van der Waals surface area contributed by atoms with Crippen LogP contribution in [0.3, 0.4) is 0 Å². The van der Waals surface area contributed by atoms with Gasteiger partial charge in [0.25, 0.3) is 0 Å². The lowest BCUT2D eigenvalue weighted by Gasteiger charge is -2.36. The maximum atomic E-state index is 13.1. The Bertz CT molecular complexity index is 960. The molecule has 0 bridgehead atoms. The van der Waals surface area contributed by atoms with Gasteiger partial charge < -0.3 is 15.5 Å². The van der Waals surface area contributed by atoms with Crippen molar-refractivity contribution >= 4 is 46.9 Å². The summed E-state index contributed by atoms with van der Waals surface area (Å²) in [6.45, 7) is 5.75. The van der Waals surface area contributed by atoms with Gasteiger partial charge >= 0.3 is 6.03 Å². The van der Waals surface area contributed by atoms with Crippen molar-refractivity contribution in [1.82, 2.24) is 15.1 Å². The van der Waals surface area contributed by atoms with Gasteiger partial charge in [-0.05, 0) is 30.2 Å². The van der Waals surface area contributed by atoms with Crippen molar-refractivity contribution in [3.8, 4) is 0 Å². The number of nitrogens with zero attached hydrogens (tertiary/aromatic N) is 2. The van der Waals surface area contributed by atoms with Crippen molar-refractivity contribution in [2.24, 2.45) is 0 Å². The SMILES string of the molecule is CCCC(NC(=O)Nc1ccc(Cl)c(Cl)c1)C(=O)N1CCN(C/C=C/c2ccccc2)CC1. The number of piperazine rings is 1. The van der Waals surface area contributed by atoms with Crippen LogP contribution in [0.15, 0.2) is 54.6 Å². The van der Waals surface area contributed by atoms with Crippen LogP contribution in [0.25, 0.3) is 6.08 Å². The van der Waals surface area contributed by atoms with Crippen molar-refractivity contribution in [1.29, 1.82) is 0 Å². The molecule has 8 heteroatoms. The minimum atomic E-state index is -0.567. The highest BCUT2D eigenvalue weighted by molar-refractivity contribution is 6.42. The van der Waals surface area contributed by atoms with Crippen molar-refractivity contribution in [2.75, 3.05) is 38.0 Å². The van der Waals surface area contributed by atoms with Crippen molar-refractivity contribution < 1.29 is 9.59 Å². The van der Waals surface area contributed by atoms with Gasteiger partial charge in [0.1, 0.15) is 6.04 Å². The number of carbonyl (C=O) groups is 2. The molecule has 1 fully saturated rings. The third-order valence-electron chi connectivity index (χ3n) is 5.52. The van der Waals surface area contributed by atoms with Gasteiger partial charge in [-0.25, -0.2) is 4.79 Å². The van der Waals surface area contributed by atoms with Gasteiger partial charge in [0, 0.05) is 38.4 Å². The van der Waals surface area contributed by atoms with Crippen LogP contribution in [-0.2, 0) is 4.79 Å². The summed E-state index contributed by atoms with van der Waals surface area (Å²) in [5.74, 6) is -0.0411. The molecule has 0 saturated carbocycles. The predicted molar refractivity (Wildman–Crippen MR) is 136 cm³/mol. The number of rotatable bonds is 8. The van der Waals surface area contributed by atoms with E-state index in [1.54, 1.807) is 18.2 Å². The van der Waals surface area contributed by atoms with Crippen LogP contribution in [0.5, 0.6) is 0 Å². The molecular formula is C25H30Cl2N4O2. The molecule has 3 amide bonds. The third-order valence-corrected chi connectivity index (χ3v) is 6.25. The number of halogens is 2. The summed E-state index contributed by atoms with van der Waals surface area (Å²) in [6, 6.07) is 14.0. The average Bonchev–Trinajstić information content (AvgIpc) is 2.82. The topological polar surface area (TPSA) is 64.7 Å². The highest BCUT2D eigenvalue weighted by atomic mass is 35.5. The van der Waals surface area contributed by atoms with Gasteiger partial charge in [0.15, 0.2) is 0 Å². The molecule has 6 nitrogen and oxygen atoms in total. The number of carbonyl (C=O) groups excluding carboxylic acids is 2. The second-order valence-electron chi connectivity index (χ2n) is 8.01. The molecule has 1 saturated heterocycles. The molecule has 3 rings (SSSR count). The van der Waals surface area contributed by atoms with Crippen LogP contribution < -0.4 is 10.6 Å². The Hall–Kier alpha value is -2.54. The van der Waals surface area contributed by atoms with E-state index in [4.69, 9.17) is 23.2 Å². The minimum absolute atomic E-state index is 0.0411. The Morgan fingerprint density at radius 3 is 2.42 bits per heavy atom. The van der Waals surface area contributed by atoms with E-state index >= 15 is 0 Å². The third kappa shape index (κ3) is 7.77. The molecule has 1 atom stereocenters. The predicted octanol–water partition coefficient (Wildman–Crippen LogP) is 5.14. The number of hydrogen-bond donors (Lipinski definition) is 2. The maximum Gasteiger partial charge on any atom is 0.319 e. The summed E-state index contributed by atoms with van der Waals surface area (Å²) in [5, 5.41) is 6.31. The fourth-order valence-electron chi connectivity index (χ4n) is 3.72. The van der Waals surface area contributed by atoms with E-state index in [2.05, 4.69) is 39.8 Å². The van der Waals surface area contributed by atoms with Gasteiger partial charge in [-0.15, -0.1) is 0 Å². The molecule has 2 N–H and O–H groups in total. The fraction of sp³-hybridized carbons (Fsp3) is 0.360. The molecule has 33 heavy (non-hydrogen) atoms. The van der Waals surface area contributed by atoms with Crippen molar-refractivity contribution in [2.45, 2.75) is 25.8 Å².